The number of hydrogen-bond acceptors (Lipinski definition) is 6. The molecular weight excluding hydrogens is 385 g/mol. The van der Waals surface area contributed by atoms with Crippen LogP contribution < -0.4 is 5.73 Å². The molecule has 1 aliphatic carbocycles. The number of nitrogens with zero attached hydrogens (tertiary/aromatic N) is 4. The summed E-state index contributed by atoms with van der Waals surface area (Å²) in [6.07, 6.45) is 2.43. The fourth-order valence-electron chi connectivity index (χ4n) is 3.14. The number of rotatable bonds is 3. The van der Waals surface area contributed by atoms with E-state index >= 15 is 0 Å². The lowest BCUT2D eigenvalue weighted by Gasteiger charge is -2.19. The molecule has 0 amide bonds. The molecule has 4 atom stereocenters. The maximum Gasteiger partial charge on any atom is 0.145 e. The number of anilines is 1. The molecule has 0 unspecified atom stereocenters. The van der Waals surface area contributed by atoms with Gasteiger partial charge < -0.3 is 20.5 Å². The van der Waals surface area contributed by atoms with Crippen LogP contribution in [-0.2, 0) is 0 Å². The van der Waals surface area contributed by atoms with Crippen molar-refractivity contribution in [2.24, 2.45) is 5.92 Å². The summed E-state index contributed by atoms with van der Waals surface area (Å²) in [5.41, 5.74) is 6.54. The third-order valence-electron chi connectivity index (χ3n) is 4.15. The van der Waals surface area contributed by atoms with E-state index in [2.05, 4.69) is 32.8 Å². The Morgan fingerprint density at radius 2 is 2.19 bits per heavy atom. The minimum Gasteiger partial charge on any atom is -0.390 e. The van der Waals surface area contributed by atoms with Gasteiger partial charge in [0.1, 0.15) is 23.9 Å². The predicted molar refractivity (Wildman–Crippen MR) is 87.7 cm³/mol. The Balaban J connectivity index is 1.94. The quantitative estimate of drug-likeness (QED) is 0.512. The van der Waals surface area contributed by atoms with E-state index in [1.165, 1.54) is 6.33 Å². The first-order valence-corrected chi connectivity index (χ1v) is 7.75. The van der Waals surface area contributed by atoms with Crippen LogP contribution in [0.3, 0.4) is 0 Å². The number of aromatic nitrogens is 3. The molecule has 1 saturated carbocycles. The van der Waals surface area contributed by atoms with E-state index < -0.39 is 12.2 Å². The molecule has 0 aromatic carbocycles. The van der Waals surface area contributed by atoms with Crippen molar-refractivity contribution in [2.75, 3.05) is 19.3 Å². The van der Waals surface area contributed by atoms with Crippen LogP contribution in [0.4, 0.5) is 5.82 Å². The molecule has 2 aromatic rings. The van der Waals surface area contributed by atoms with Gasteiger partial charge in [0.15, 0.2) is 0 Å². The summed E-state index contributed by atoms with van der Waals surface area (Å²) in [5.74, 6) is 0.457. The first kappa shape index (κ1) is 14.9. The van der Waals surface area contributed by atoms with Gasteiger partial charge in [-0.1, -0.05) is 0 Å². The van der Waals surface area contributed by atoms with Gasteiger partial charge in [0.05, 0.1) is 17.5 Å². The van der Waals surface area contributed by atoms with Crippen molar-refractivity contribution in [3.05, 3.63) is 18.6 Å². The first-order valence-electron chi connectivity index (χ1n) is 6.79. The van der Waals surface area contributed by atoms with Crippen molar-refractivity contribution in [1.29, 1.82) is 0 Å². The van der Waals surface area contributed by atoms with Crippen molar-refractivity contribution in [3.63, 3.8) is 0 Å². The minimum atomic E-state index is -0.807. The molecule has 3 rings (SSSR count). The fourth-order valence-corrected chi connectivity index (χ4v) is 3.64. The van der Waals surface area contributed by atoms with Crippen molar-refractivity contribution in [3.8, 4) is 0 Å². The Morgan fingerprint density at radius 1 is 1.43 bits per heavy atom. The van der Waals surface area contributed by atoms with Crippen LogP contribution in [0.1, 0.15) is 12.5 Å². The normalized spacial score (nSPS) is 29.6. The third-order valence-corrected chi connectivity index (χ3v) is 4.55. The number of fused-ring (bicyclic) bond motifs is 1. The molecule has 114 valence electrons. The summed E-state index contributed by atoms with van der Waals surface area (Å²) in [5, 5.41) is 21.4. The highest BCUT2D eigenvalue weighted by Crippen LogP contribution is 2.38. The lowest BCUT2D eigenvalue weighted by molar-refractivity contribution is 0.00544. The van der Waals surface area contributed by atoms with Gasteiger partial charge in [0.25, 0.3) is 0 Å². The minimum absolute atomic E-state index is 0.0311. The van der Waals surface area contributed by atoms with Crippen molar-refractivity contribution in [2.45, 2.75) is 24.7 Å². The van der Waals surface area contributed by atoms with Gasteiger partial charge in [-0.2, -0.15) is 0 Å². The smallest absolute Gasteiger partial charge is 0.145 e. The average Bonchev–Trinajstić information content (AvgIpc) is 2.96. The number of hydrogen-bond donors (Lipinski definition) is 3. The highest BCUT2D eigenvalue weighted by atomic mass is 127. The maximum atomic E-state index is 10.4. The topological polar surface area (TPSA) is 100 Å². The second-order valence-electron chi connectivity index (χ2n) is 5.55. The van der Waals surface area contributed by atoms with Crippen molar-refractivity contribution < 1.29 is 10.2 Å². The van der Waals surface area contributed by atoms with Crippen LogP contribution in [0.15, 0.2) is 18.6 Å². The summed E-state index contributed by atoms with van der Waals surface area (Å²) >= 11 is 2.18. The zero-order chi connectivity index (χ0) is 15.1. The molecule has 2 aromatic heterocycles. The zero-order valence-electron chi connectivity index (χ0n) is 11.6. The molecule has 4 N–H and O–H groups in total. The number of nitrogen functional groups attached to an aromatic ring is 1. The number of aliphatic hydroxyl groups is 2. The van der Waals surface area contributed by atoms with Gasteiger partial charge in [-0.05, 0) is 19.5 Å². The van der Waals surface area contributed by atoms with Gasteiger partial charge in [-0.15, -0.1) is 0 Å². The van der Waals surface area contributed by atoms with E-state index in [0.29, 0.717) is 17.9 Å². The molecular formula is C13H18IN5O2. The van der Waals surface area contributed by atoms with Gasteiger partial charge in [0, 0.05) is 41.5 Å². The fraction of sp³-hybridized carbons (Fsp3) is 0.538. The Bertz CT molecular complexity index is 647. The van der Waals surface area contributed by atoms with Crippen molar-refractivity contribution in [1.82, 2.24) is 17.6 Å². The average molecular weight is 403 g/mol. The SMILES string of the molecule is CN(I)C[C@H]1C[C@@H](n2ccc3c(N)ncnc32)[C@H](O)[C@@H]1O. The second-order valence-corrected chi connectivity index (χ2v) is 7.20. The summed E-state index contributed by atoms with van der Waals surface area (Å²) in [6, 6.07) is 1.65. The van der Waals surface area contributed by atoms with Crippen LogP contribution in [0, 0.1) is 5.92 Å². The highest BCUT2D eigenvalue weighted by molar-refractivity contribution is 14.1. The Labute approximate surface area is 136 Å². The Morgan fingerprint density at radius 3 is 2.90 bits per heavy atom. The Kier molecular flexibility index (Phi) is 4.04. The number of halogens is 1. The van der Waals surface area contributed by atoms with E-state index in [9.17, 15) is 10.2 Å². The van der Waals surface area contributed by atoms with Crippen LogP contribution in [0.25, 0.3) is 11.0 Å². The largest absolute Gasteiger partial charge is 0.390 e. The molecule has 0 spiro atoms. The zero-order valence-corrected chi connectivity index (χ0v) is 13.8. The van der Waals surface area contributed by atoms with E-state index in [1.807, 2.05) is 27.0 Å². The highest BCUT2D eigenvalue weighted by Gasteiger charge is 2.42. The van der Waals surface area contributed by atoms with Gasteiger partial charge in [-0.25, -0.2) is 9.97 Å². The Hall–Kier alpha value is -0.970. The van der Waals surface area contributed by atoms with E-state index in [0.717, 1.165) is 11.9 Å². The molecule has 0 bridgehead atoms. The molecule has 2 heterocycles. The standard InChI is InChI=1S/C13H18IN5O2/c1-18(14)5-7-4-9(11(21)10(7)20)19-3-2-8-12(15)16-6-17-13(8)19/h2-3,6-7,9-11,20-21H,4-5H2,1H3,(H2,15,16,17)/t7-,9-,10-,11+/m1/s1. The monoisotopic (exact) mass is 403 g/mol. The van der Waals surface area contributed by atoms with E-state index in [1.54, 1.807) is 0 Å². The van der Waals surface area contributed by atoms with Crippen LogP contribution in [0.5, 0.6) is 0 Å². The van der Waals surface area contributed by atoms with Gasteiger partial charge >= 0.3 is 0 Å². The number of aliphatic hydroxyl groups excluding tert-OH is 2. The lowest BCUT2D eigenvalue weighted by Crippen LogP contribution is -2.32. The summed E-state index contributed by atoms with van der Waals surface area (Å²) < 4.78 is 3.89. The molecule has 0 radical (unpaired) electrons. The van der Waals surface area contributed by atoms with Gasteiger partial charge in [0.2, 0.25) is 0 Å². The molecule has 1 fully saturated rings. The second kappa shape index (κ2) is 5.67. The van der Waals surface area contributed by atoms with E-state index in [-0.39, 0.29) is 12.0 Å². The molecule has 0 aliphatic heterocycles. The molecule has 1 aliphatic rings. The molecule has 7 nitrogen and oxygen atoms in total. The van der Waals surface area contributed by atoms with Crippen LogP contribution in [0.2, 0.25) is 0 Å². The van der Waals surface area contributed by atoms with Gasteiger partial charge in [-0.3, -0.25) is 3.11 Å². The van der Waals surface area contributed by atoms with Crippen molar-refractivity contribution >= 4 is 39.7 Å². The maximum absolute atomic E-state index is 10.4. The molecule has 0 saturated heterocycles. The predicted octanol–water partition coefficient (Wildman–Crippen LogP) is 0.578. The van der Waals surface area contributed by atoms with Crippen LogP contribution in [-0.4, -0.2) is 53.7 Å². The summed E-state index contributed by atoms with van der Waals surface area (Å²) in [6.45, 7) is 0.728. The van der Waals surface area contributed by atoms with E-state index in [4.69, 9.17) is 5.73 Å². The molecule has 8 heteroatoms. The lowest BCUT2D eigenvalue weighted by atomic mass is 10.1. The molecule has 21 heavy (non-hydrogen) atoms. The summed E-state index contributed by atoms with van der Waals surface area (Å²) in [4.78, 5) is 8.23. The number of nitrogens with two attached hydrogens (primary N) is 1. The third kappa shape index (κ3) is 2.60. The van der Waals surface area contributed by atoms with Crippen LogP contribution >= 0.6 is 22.9 Å². The first-order chi connectivity index (χ1) is 9.99. The summed E-state index contributed by atoms with van der Waals surface area (Å²) in [7, 11) is 1.95.